The Kier molecular flexibility index (Phi) is 5.85. The molecule has 0 saturated carbocycles. The van der Waals surface area contributed by atoms with Gasteiger partial charge in [0.15, 0.2) is 0 Å². The summed E-state index contributed by atoms with van der Waals surface area (Å²) in [6.07, 6.45) is 2.06. The van der Waals surface area contributed by atoms with Crippen LogP contribution in [0.5, 0.6) is 5.75 Å². The third-order valence-electron chi connectivity index (χ3n) is 3.33. The second-order valence-electron chi connectivity index (χ2n) is 5.24. The molecule has 2 aromatic carbocycles. The van der Waals surface area contributed by atoms with Crippen molar-refractivity contribution in [1.29, 1.82) is 0 Å². The van der Waals surface area contributed by atoms with Gasteiger partial charge >= 0.3 is 6.18 Å². The van der Waals surface area contributed by atoms with Crippen molar-refractivity contribution in [2.45, 2.75) is 32.5 Å². The van der Waals surface area contributed by atoms with E-state index in [0.717, 1.165) is 36.1 Å². The highest BCUT2D eigenvalue weighted by Gasteiger charge is 2.29. The predicted octanol–water partition coefficient (Wildman–Crippen LogP) is 6.10. The van der Waals surface area contributed by atoms with Crippen LogP contribution in [-0.4, -0.2) is 0 Å². The summed E-state index contributed by atoms with van der Waals surface area (Å²) in [6, 6.07) is 12.6. The summed E-state index contributed by atoms with van der Waals surface area (Å²) in [5.74, 6) is 0.421. The average Bonchev–Trinajstić information content (AvgIpc) is 2.54. The lowest BCUT2D eigenvalue weighted by Gasteiger charge is -2.09. The Hall–Kier alpha value is -2.23. The van der Waals surface area contributed by atoms with Crippen LogP contribution in [0.2, 0.25) is 0 Å². The summed E-state index contributed by atoms with van der Waals surface area (Å²) in [4.78, 5) is 0. The number of hydrogen-bond acceptors (Lipinski definition) is 1. The summed E-state index contributed by atoms with van der Waals surface area (Å²) in [6.45, 7) is 2.45. The smallest absolute Gasteiger partial charge is 0.416 e. The van der Waals surface area contributed by atoms with Crippen LogP contribution < -0.4 is 4.74 Å². The molecule has 0 bridgehead atoms. The molecule has 2 aromatic rings. The Morgan fingerprint density at radius 3 is 2.17 bits per heavy atom. The predicted molar refractivity (Wildman–Crippen MR) is 86.2 cm³/mol. The van der Waals surface area contributed by atoms with Gasteiger partial charge in [0, 0.05) is 0 Å². The number of hydrogen-bond donors (Lipinski definition) is 0. The lowest BCUT2D eigenvalue weighted by Crippen LogP contribution is -2.04. The molecule has 0 atom stereocenters. The van der Waals surface area contributed by atoms with Crippen molar-refractivity contribution in [3.63, 3.8) is 0 Å². The van der Waals surface area contributed by atoms with Gasteiger partial charge in [0.1, 0.15) is 12.4 Å². The number of rotatable bonds is 6. The topological polar surface area (TPSA) is 9.23 Å². The van der Waals surface area contributed by atoms with E-state index in [4.69, 9.17) is 4.74 Å². The van der Waals surface area contributed by atoms with Gasteiger partial charge in [-0.3, -0.25) is 0 Å². The monoisotopic (exact) mass is 320 g/mol. The molecule has 0 aromatic heterocycles. The van der Waals surface area contributed by atoms with E-state index >= 15 is 0 Å². The van der Waals surface area contributed by atoms with Crippen molar-refractivity contribution < 1.29 is 17.9 Å². The zero-order valence-corrected chi connectivity index (χ0v) is 12.9. The highest BCUT2D eigenvalue weighted by Crippen LogP contribution is 2.30. The molecule has 0 radical (unpaired) electrons. The largest absolute Gasteiger partial charge is 0.489 e. The van der Waals surface area contributed by atoms with Crippen LogP contribution in [-0.2, 0) is 12.8 Å². The van der Waals surface area contributed by atoms with E-state index in [-0.39, 0.29) is 0 Å². The Balaban J connectivity index is 1.90. The van der Waals surface area contributed by atoms with Crippen LogP contribution in [0.25, 0.3) is 6.08 Å². The molecule has 4 heteroatoms. The van der Waals surface area contributed by atoms with Crippen molar-refractivity contribution in [3.8, 4) is 5.75 Å². The van der Waals surface area contributed by atoms with E-state index in [2.05, 4.69) is 19.1 Å². The SMILES string of the molecule is CCC/C=C/c1ccc(COc2ccc(C(F)(F)F)cc2)cc1. The molecular formula is C19H19F3O. The first-order valence-corrected chi connectivity index (χ1v) is 7.54. The number of benzene rings is 2. The van der Waals surface area contributed by atoms with E-state index in [0.29, 0.717) is 12.4 Å². The summed E-state index contributed by atoms with van der Waals surface area (Å²) in [5.41, 5.74) is 1.42. The van der Waals surface area contributed by atoms with Crippen LogP contribution in [0.4, 0.5) is 13.2 Å². The van der Waals surface area contributed by atoms with Gasteiger partial charge in [-0.1, -0.05) is 49.8 Å². The van der Waals surface area contributed by atoms with Crippen LogP contribution in [0.15, 0.2) is 54.6 Å². The lowest BCUT2D eigenvalue weighted by molar-refractivity contribution is -0.137. The fraction of sp³-hybridized carbons (Fsp3) is 0.263. The van der Waals surface area contributed by atoms with E-state index in [1.807, 2.05) is 24.3 Å². The molecule has 0 heterocycles. The van der Waals surface area contributed by atoms with E-state index < -0.39 is 11.7 Å². The van der Waals surface area contributed by atoms with E-state index in [1.165, 1.54) is 12.1 Å². The summed E-state index contributed by atoms with van der Waals surface area (Å²) in [7, 11) is 0. The highest BCUT2D eigenvalue weighted by atomic mass is 19.4. The summed E-state index contributed by atoms with van der Waals surface area (Å²) < 4.78 is 42.9. The Bertz CT molecular complexity index is 625. The maximum Gasteiger partial charge on any atom is 0.416 e. The summed E-state index contributed by atoms with van der Waals surface area (Å²) >= 11 is 0. The molecule has 0 aliphatic carbocycles. The van der Waals surface area contributed by atoms with Crippen molar-refractivity contribution in [2.75, 3.05) is 0 Å². The van der Waals surface area contributed by atoms with Crippen LogP contribution in [0, 0.1) is 0 Å². The first-order valence-electron chi connectivity index (χ1n) is 7.54. The quantitative estimate of drug-likeness (QED) is 0.625. The second kappa shape index (κ2) is 7.86. The molecular weight excluding hydrogens is 301 g/mol. The fourth-order valence-electron chi connectivity index (χ4n) is 2.02. The van der Waals surface area contributed by atoms with Crippen molar-refractivity contribution in [2.24, 2.45) is 0 Å². The first-order chi connectivity index (χ1) is 11.0. The molecule has 0 fully saturated rings. The fourth-order valence-corrected chi connectivity index (χ4v) is 2.02. The van der Waals surface area contributed by atoms with Crippen LogP contribution in [0.1, 0.15) is 36.5 Å². The maximum absolute atomic E-state index is 12.5. The molecule has 23 heavy (non-hydrogen) atoms. The van der Waals surface area contributed by atoms with Gasteiger partial charge in [0.25, 0.3) is 0 Å². The standard InChI is InChI=1S/C19H19F3O/c1-2-3-4-5-15-6-8-16(9-7-15)14-23-18-12-10-17(11-13-18)19(20,21)22/h4-13H,2-3,14H2,1H3/b5-4+. The Labute approximate surface area is 134 Å². The Morgan fingerprint density at radius 1 is 0.957 bits per heavy atom. The molecule has 0 amide bonds. The lowest BCUT2D eigenvalue weighted by atomic mass is 10.1. The van der Waals surface area contributed by atoms with Gasteiger partial charge in [-0.25, -0.2) is 0 Å². The van der Waals surface area contributed by atoms with Gasteiger partial charge in [-0.2, -0.15) is 13.2 Å². The molecule has 0 N–H and O–H groups in total. The van der Waals surface area contributed by atoms with Gasteiger partial charge < -0.3 is 4.74 Å². The van der Waals surface area contributed by atoms with Crippen molar-refractivity contribution >= 4 is 6.08 Å². The average molecular weight is 320 g/mol. The van der Waals surface area contributed by atoms with Crippen molar-refractivity contribution in [1.82, 2.24) is 0 Å². The minimum Gasteiger partial charge on any atom is -0.489 e. The summed E-state index contributed by atoms with van der Waals surface area (Å²) in [5, 5.41) is 0. The zero-order valence-electron chi connectivity index (χ0n) is 12.9. The number of unbranched alkanes of at least 4 members (excludes halogenated alkanes) is 1. The molecule has 0 unspecified atom stereocenters. The van der Waals surface area contributed by atoms with E-state index in [9.17, 15) is 13.2 Å². The third kappa shape index (κ3) is 5.47. The molecule has 0 aliphatic rings. The van der Waals surface area contributed by atoms with Crippen LogP contribution in [0.3, 0.4) is 0 Å². The molecule has 2 rings (SSSR count). The molecule has 122 valence electrons. The third-order valence-corrected chi connectivity index (χ3v) is 3.33. The van der Waals surface area contributed by atoms with Gasteiger partial charge in [0.2, 0.25) is 0 Å². The minimum absolute atomic E-state index is 0.324. The molecule has 0 aliphatic heterocycles. The van der Waals surface area contributed by atoms with Crippen molar-refractivity contribution in [3.05, 3.63) is 71.3 Å². The van der Waals surface area contributed by atoms with Crippen LogP contribution >= 0.6 is 0 Å². The number of alkyl halides is 3. The number of ether oxygens (including phenoxy) is 1. The maximum atomic E-state index is 12.5. The van der Waals surface area contributed by atoms with E-state index in [1.54, 1.807) is 0 Å². The van der Waals surface area contributed by atoms with Gasteiger partial charge in [-0.05, 0) is 41.8 Å². The highest BCUT2D eigenvalue weighted by molar-refractivity contribution is 5.49. The minimum atomic E-state index is -4.32. The number of halogens is 3. The number of allylic oxidation sites excluding steroid dienone is 1. The zero-order chi connectivity index (χ0) is 16.7. The molecule has 1 nitrogen and oxygen atoms in total. The second-order valence-corrected chi connectivity index (χ2v) is 5.24. The molecule has 0 spiro atoms. The Morgan fingerprint density at radius 2 is 1.61 bits per heavy atom. The first kappa shape index (κ1) is 17.1. The van der Waals surface area contributed by atoms with Gasteiger partial charge in [0.05, 0.1) is 5.56 Å². The molecule has 0 saturated heterocycles. The normalized spacial score (nSPS) is 11.8. The van der Waals surface area contributed by atoms with Gasteiger partial charge in [-0.15, -0.1) is 0 Å².